The molecule has 0 fully saturated rings. The Morgan fingerprint density at radius 3 is 2.86 bits per heavy atom. The van der Waals surface area contributed by atoms with Gasteiger partial charge in [0.25, 0.3) is 0 Å². The lowest BCUT2D eigenvalue weighted by Crippen LogP contribution is -2.31. The van der Waals surface area contributed by atoms with Crippen molar-refractivity contribution in [1.29, 1.82) is 5.26 Å². The number of nitriles is 1. The minimum Gasteiger partial charge on any atom is -0.374 e. The number of benzene rings is 1. The van der Waals surface area contributed by atoms with Crippen LogP contribution >= 0.6 is 0 Å². The normalized spacial score (nSPS) is 17.2. The van der Waals surface area contributed by atoms with Gasteiger partial charge in [0, 0.05) is 43.7 Å². The highest BCUT2D eigenvalue weighted by atomic mass is 15.2. The van der Waals surface area contributed by atoms with E-state index in [-0.39, 0.29) is 0 Å². The molecule has 4 nitrogen and oxygen atoms in total. The molecule has 0 spiro atoms. The number of hydrogen-bond acceptors (Lipinski definition) is 3. The van der Waals surface area contributed by atoms with Gasteiger partial charge in [-0.3, -0.25) is 4.68 Å². The molecule has 1 aromatic heterocycles. The Balaban J connectivity index is 2.14. The van der Waals surface area contributed by atoms with Crippen LogP contribution in [0.15, 0.2) is 37.2 Å². The Labute approximate surface area is 124 Å². The molecule has 0 saturated carbocycles. The van der Waals surface area contributed by atoms with E-state index >= 15 is 0 Å². The molecular formula is C17H18N4. The molecule has 4 heteroatoms. The molecular weight excluding hydrogens is 260 g/mol. The van der Waals surface area contributed by atoms with E-state index in [1.165, 1.54) is 5.56 Å². The van der Waals surface area contributed by atoms with Crippen molar-refractivity contribution < 1.29 is 0 Å². The lowest BCUT2D eigenvalue weighted by atomic mass is 9.89. The Hall–Kier alpha value is -2.54. The zero-order valence-electron chi connectivity index (χ0n) is 12.4. The molecule has 2 aromatic rings. The third-order valence-electron chi connectivity index (χ3n) is 4.09. The van der Waals surface area contributed by atoms with Crippen molar-refractivity contribution >= 4 is 5.69 Å². The van der Waals surface area contributed by atoms with Gasteiger partial charge in [0.2, 0.25) is 0 Å². The van der Waals surface area contributed by atoms with E-state index in [0.717, 1.165) is 29.8 Å². The highest BCUT2D eigenvalue weighted by Gasteiger charge is 2.22. The van der Waals surface area contributed by atoms with Crippen LogP contribution in [0, 0.1) is 17.2 Å². The molecule has 1 aliphatic rings. The summed E-state index contributed by atoms with van der Waals surface area (Å²) in [5.41, 5.74) is 5.07. The maximum Gasteiger partial charge on any atom is 0.0998 e. The smallest absolute Gasteiger partial charge is 0.0998 e. The quantitative estimate of drug-likeness (QED) is 0.793. The molecule has 106 valence electrons. The first-order chi connectivity index (χ1) is 10.1. The van der Waals surface area contributed by atoms with Crippen molar-refractivity contribution in [2.75, 3.05) is 18.5 Å². The van der Waals surface area contributed by atoms with E-state index < -0.39 is 0 Å². The van der Waals surface area contributed by atoms with Crippen molar-refractivity contribution in [2.45, 2.75) is 6.42 Å². The molecule has 0 saturated heterocycles. The maximum absolute atomic E-state index is 9.46. The number of hydrogen-bond donors (Lipinski definition) is 0. The monoisotopic (exact) mass is 278 g/mol. The first-order valence-electron chi connectivity index (χ1n) is 7.02. The van der Waals surface area contributed by atoms with Gasteiger partial charge in [-0.1, -0.05) is 6.08 Å². The number of fused-ring (bicyclic) bond motifs is 1. The summed E-state index contributed by atoms with van der Waals surface area (Å²) in [5, 5.41) is 13.7. The van der Waals surface area contributed by atoms with Crippen LogP contribution in [-0.4, -0.2) is 23.4 Å². The van der Waals surface area contributed by atoms with E-state index in [9.17, 15) is 5.26 Å². The van der Waals surface area contributed by atoms with Crippen molar-refractivity contribution in [3.05, 3.63) is 48.3 Å². The fourth-order valence-electron chi connectivity index (χ4n) is 3.00. The van der Waals surface area contributed by atoms with Gasteiger partial charge < -0.3 is 4.90 Å². The van der Waals surface area contributed by atoms with Crippen molar-refractivity contribution in [3.63, 3.8) is 0 Å². The summed E-state index contributed by atoms with van der Waals surface area (Å²) in [7, 11) is 3.95. The highest BCUT2D eigenvalue weighted by Crippen LogP contribution is 2.35. The third kappa shape index (κ3) is 2.31. The highest BCUT2D eigenvalue weighted by molar-refractivity contribution is 5.75. The van der Waals surface area contributed by atoms with Gasteiger partial charge in [-0.15, -0.1) is 6.58 Å². The van der Waals surface area contributed by atoms with Crippen LogP contribution in [0.2, 0.25) is 0 Å². The summed E-state index contributed by atoms with van der Waals surface area (Å²) in [6.45, 7) is 4.87. The van der Waals surface area contributed by atoms with E-state index in [1.54, 1.807) is 10.9 Å². The number of anilines is 1. The summed E-state index contributed by atoms with van der Waals surface area (Å²) >= 11 is 0. The first kappa shape index (κ1) is 13.4. The van der Waals surface area contributed by atoms with Gasteiger partial charge in [0.05, 0.1) is 17.8 Å². The van der Waals surface area contributed by atoms with Gasteiger partial charge in [-0.05, 0) is 30.0 Å². The lowest BCUT2D eigenvalue weighted by Gasteiger charge is -2.32. The second-order valence-electron chi connectivity index (χ2n) is 5.62. The van der Waals surface area contributed by atoms with Crippen LogP contribution in [-0.2, 0) is 13.5 Å². The molecule has 2 heterocycles. The standard InChI is InChI=1S/C17H18N4/c1-4-12-5-13-6-16(15-9-19-21(3)11-15)14(8-18)7-17(13)20(2)10-12/h4,6-7,9,11-12H,1,5,10H2,2-3H3/t12-/m0/s1. The first-order valence-corrected chi connectivity index (χ1v) is 7.02. The molecule has 0 aliphatic carbocycles. The molecule has 1 aromatic carbocycles. The SMILES string of the molecule is C=C[C@H]1Cc2cc(-c3cnn(C)c3)c(C#N)cc2N(C)C1. The van der Waals surface area contributed by atoms with E-state index in [2.05, 4.69) is 35.8 Å². The number of aryl methyl sites for hydroxylation is 1. The summed E-state index contributed by atoms with van der Waals surface area (Å²) in [6, 6.07) is 6.45. The summed E-state index contributed by atoms with van der Waals surface area (Å²) in [6.07, 6.45) is 6.74. The average molecular weight is 278 g/mol. The zero-order chi connectivity index (χ0) is 15.0. The molecule has 1 atom stereocenters. The predicted molar refractivity (Wildman–Crippen MR) is 84.0 cm³/mol. The molecule has 0 amide bonds. The Bertz CT molecular complexity index is 736. The molecule has 0 N–H and O–H groups in total. The lowest BCUT2D eigenvalue weighted by molar-refractivity contribution is 0.609. The Kier molecular flexibility index (Phi) is 3.26. The minimum absolute atomic E-state index is 0.456. The van der Waals surface area contributed by atoms with Crippen LogP contribution in [0.25, 0.3) is 11.1 Å². The number of aromatic nitrogens is 2. The largest absolute Gasteiger partial charge is 0.374 e. The van der Waals surface area contributed by atoms with Crippen molar-refractivity contribution in [1.82, 2.24) is 9.78 Å². The average Bonchev–Trinajstić information content (AvgIpc) is 2.92. The van der Waals surface area contributed by atoms with Crippen LogP contribution in [0.5, 0.6) is 0 Å². The van der Waals surface area contributed by atoms with Gasteiger partial charge in [0.15, 0.2) is 0 Å². The zero-order valence-corrected chi connectivity index (χ0v) is 12.4. The summed E-state index contributed by atoms with van der Waals surface area (Å²) in [5.74, 6) is 0.456. The van der Waals surface area contributed by atoms with Crippen LogP contribution in [0.3, 0.4) is 0 Å². The second kappa shape index (κ2) is 5.10. The fourth-order valence-corrected chi connectivity index (χ4v) is 3.00. The van der Waals surface area contributed by atoms with Gasteiger partial charge in [-0.25, -0.2) is 0 Å². The predicted octanol–water partition coefficient (Wildman–Crippen LogP) is 2.75. The Morgan fingerprint density at radius 2 is 2.24 bits per heavy atom. The van der Waals surface area contributed by atoms with Gasteiger partial charge >= 0.3 is 0 Å². The minimum atomic E-state index is 0.456. The molecule has 21 heavy (non-hydrogen) atoms. The molecule has 0 unspecified atom stereocenters. The second-order valence-corrected chi connectivity index (χ2v) is 5.62. The van der Waals surface area contributed by atoms with Crippen LogP contribution in [0.4, 0.5) is 5.69 Å². The Morgan fingerprint density at radius 1 is 1.43 bits per heavy atom. The van der Waals surface area contributed by atoms with E-state index in [1.807, 2.05) is 25.4 Å². The fraction of sp³-hybridized carbons (Fsp3) is 0.294. The van der Waals surface area contributed by atoms with Crippen molar-refractivity contribution in [3.8, 4) is 17.2 Å². The molecule has 0 bridgehead atoms. The van der Waals surface area contributed by atoms with Crippen LogP contribution < -0.4 is 4.90 Å². The maximum atomic E-state index is 9.46. The number of nitrogens with zero attached hydrogens (tertiary/aromatic N) is 4. The topological polar surface area (TPSA) is 44.9 Å². The van der Waals surface area contributed by atoms with Gasteiger partial charge in [0.1, 0.15) is 0 Å². The van der Waals surface area contributed by atoms with E-state index in [4.69, 9.17) is 0 Å². The van der Waals surface area contributed by atoms with Gasteiger partial charge in [-0.2, -0.15) is 10.4 Å². The summed E-state index contributed by atoms with van der Waals surface area (Å²) < 4.78 is 1.76. The third-order valence-corrected chi connectivity index (χ3v) is 4.09. The number of rotatable bonds is 2. The molecule has 1 aliphatic heterocycles. The molecule has 3 rings (SSSR count). The molecule has 0 radical (unpaired) electrons. The van der Waals surface area contributed by atoms with E-state index in [0.29, 0.717) is 11.5 Å². The summed E-state index contributed by atoms with van der Waals surface area (Å²) in [4.78, 5) is 2.21. The van der Waals surface area contributed by atoms with Crippen molar-refractivity contribution in [2.24, 2.45) is 13.0 Å². The van der Waals surface area contributed by atoms with Crippen LogP contribution in [0.1, 0.15) is 11.1 Å².